The Bertz CT molecular complexity index is 960. The maximum Gasteiger partial charge on any atom is 0.126 e. The van der Waals surface area contributed by atoms with Crippen LogP contribution in [0.2, 0.25) is 5.02 Å². The van der Waals surface area contributed by atoms with Crippen molar-refractivity contribution < 1.29 is 9.13 Å². The lowest BCUT2D eigenvalue weighted by Crippen LogP contribution is -2.46. The first kappa shape index (κ1) is 21.8. The lowest BCUT2D eigenvalue weighted by Gasteiger charge is -2.35. The molecule has 0 spiro atoms. The molecule has 0 N–H and O–H groups in total. The minimum absolute atomic E-state index is 0.224. The predicted octanol–water partition coefficient (Wildman–Crippen LogP) is 5.81. The Labute approximate surface area is 189 Å². The maximum atomic E-state index is 13.6. The molecule has 0 amide bonds. The van der Waals surface area contributed by atoms with E-state index in [1.54, 1.807) is 12.1 Å². The number of hydrogen-bond donors (Lipinski definition) is 0. The molecule has 3 nitrogen and oxygen atoms in total. The topological polar surface area (TPSA) is 15.7 Å². The van der Waals surface area contributed by atoms with Crippen molar-refractivity contribution in [3.05, 3.63) is 101 Å². The van der Waals surface area contributed by atoms with Gasteiger partial charge in [-0.2, -0.15) is 0 Å². The molecule has 162 valence electrons. The standard InChI is InChI=1S/C26H28ClFN2O/c27-25-12-5-4-11-24(25)26(31-23-10-6-9-22(28)19-23)13-14-29-15-17-30(18-16-29)20-21-7-2-1-3-8-21/h1-12,19,26H,13-18,20H2. The fraction of sp³-hybridized carbons (Fsp3) is 0.308. The summed E-state index contributed by atoms with van der Waals surface area (Å²) in [7, 11) is 0. The van der Waals surface area contributed by atoms with Crippen molar-refractivity contribution in [1.82, 2.24) is 9.80 Å². The lowest BCUT2D eigenvalue weighted by molar-refractivity contribution is 0.107. The third-order valence-electron chi connectivity index (χ3n) is 5.75. The molecule has 4 rings (SSSR count). The Balaban J connectivity index is 1.35. The summed E-state index contributed by atoms with van der Waals surface area (Å²) in [5, 5.41) is 0.677. The van der Waals surface area contributed by atoms with Gasteiger partial charge in [0, 0.05) is 62.3 Å². The molecule has 3 aromatic rings. The first-order valence-corrected chi connectivity index (χ1v) is 11.2. The van der Waals surface area contributed by atoms with Gasteiger partial charge in [-0.3, -0.25) is 4.90 Å². The van der Waals surface area contributed by atoms with E-state index in [1.165, 1.54) is 17.7 Å². The van der Waals surface area contributed by atoms with Gasteiger partial charge in [-0.15, -0.1) is 0 Å². The van der Waals surface area contributed by atoms with Gasteiger partial charge in [0.05, 0.1) is 0 Å². The largest absolute Gasteiger partial charge is 0.486 e. The number of piperazine rings is 1. The van der Waals surface area contributed by atoms with Gasteiger partial charge in [-0.05, 0) is 23.8 Å². The minimum Gasteiger partial charge on any atom is -0.486 e. The summed E-state index contributed by atoms with van der Waals surface area (Å²) in [5.41, 5.74) is 2.30. The smallest absolute Gasteiger partial charge is 0.126 e. The highest BCUT2D eigenvalue weighted by atomic mass is 35.5. The average molecular weight is 439 g/mol. The van der Waals surface area contributed by atoms with E-state index in [9.17, 15) is 4.39 Å². The van der Waals surface area contributed by atoms with Gasteiger partial charge >= 0.3 is 0 Å². The van der Waals surface area contributed by atoms with E-state index >= 15 is 0 Å². The number of benzene rings is 3. The monoisotopic (exact) mass is 438 g/mol. The summed E-state index contributed by atoms with van der Waals surface area (Å²) in [6, 6.07) is 24.7. The molecule has 1 unspecified atom stereocenters. The van der Waals surface area contributed by atoms with Crippen LogP contribution in [0.1, 0.15) is 23.7 Å². The quantitative estimate of drug-likeness (QED) is 0.441. The van der Waals surface area contributed by atoms with Gasteiger partial charge in [0.1, 0.15) is 17.7 Å². The van der Waals surface area contributed by atoms with E-state index in [-0.39, 0.29) is 11.9 Å². The second kappa shape index (κ2) is 10.8. The molecule has 1 saturated heterocycles. The van der Waals surface area contributed by atoms with Crippen LogP contribution in [0.4, 0.5) is 4.39 Å². The predicted molar refractivity (Wildman–Crippen MR) is 124 cm³/mol. The molecule has 1 heterocycles. The maximum absolute atomic E-state index is 13.6. The highest BCUT2D eigenvalue weighted by Gasteiger charge is 2.21. The molecular formula is C26H28ClFN2O. The van der Waals surface area contributed by atoms with Gasteiger partial charge < -0.3 is 9.64 Å². The van der Waals surface area contributed by atoms with Crippen LogP contribution in [-0.2, 0) is 6.54 Å². The highest BCUT2D eigenvalue weighted by Crippen LogP contribution is 2.30. The molecule has 3 aromatic carbocycles. The van der Waals surface area contributed by atoms with Crippen LogP contribution in [0.3, 0.4) is 0 Å². The van der Waals surface area contributed by atoms with E-state index in [0.29, 0.717) is 10.8 Å². The van der Waals surface area contributed by atoms with Gasteiger partial charge in [0.25, 0.3) is 0 Å². The number of ether oxygens (including phenoxy) is 1. The average Bonchev–Trinajstić information content (AvgIpc) is 2.79. The summed E-state index contributed by atoms with van der Waals surface area (Å²) in [6.45, 7) is 6.07. The molecule has 0 bridgehead atoms. The first-order chi connectivity index (χ1) is 15.2. The molecule has 0 aliphatic carbocycles. The van der Waals surface area contributed by atoms with Crippen LogP contribution in [0.15, 0.2) is 78.9 Å². The SMILES string of the molecule is Fc1cccc(OC(CCN2CCN(Cc3ccccc3)CC2)c2ccccc2Cl)c1. The Hall–Kier alpha value is -2.40. The zero-order chi connectivity index (χ0) is 21.5. The van der Waals surface area contributed by atoms with E-state index in [1.807, 2.05) is 24.3 Å². The number of nitrogens with zero attached hydrogens (tertiary/aromatic N) is 2. The molecule has 1 atom stereocenters. The van der Waals surface area contributed by atoms with E-state index in [4.69, 9.17) is 16.3 Å². The van der Waals surface area contributed by atoms with Crippen LogP contribution in [0.5, 0.6) is 5.75 Å². The van der Waals surface area contributed by atoms with Gasteiger partial charge in [-0.25, -0.2) is 4.39 Å². The Morgan fingerprint density at radius 3 is 2.29 bits per heavy atom. The van der Waals surface area contributed by atoms with Crippen LogP contribution < -0.4 is 4.74 Å². The zero-order valence-electron chi connectivity index (χ0n) is 17.6. The summed E-state index contributed by atoms with van der Waals surface area (Å²) in [5.74, 6) is 0.225. The van der Waals surface area contributed by atoms with Crippen LogP contribution in [0.25, 0.3) is 0 Å². The normalized spacial score (nSPS) is 16.2. The number of halogens is 2. The third-order valence-corrected chi connectivity index (χ3v) is 6.09. The molecule has 1 aliphatic heterocycles. The Kier molecular flexibility index (Phi) is 7.57. The van der Waals surface area contributed by atoms with Crippen LogP contribution >= 0.6 is 11.6 Å². The van der Waals surface area contributed by atoms with Gasteiger partial charge in [0.15, 0.2) is 0 Å². The second-order valence-electron chi connectivity index (χ2n) is 7.98. The van der Waals surface area contributed by atoms with Crippen molar-refractivity contribution in [2.45, 2.75) is 19.1 Å². The number of hydrogen-bond acceptors (Lipinski definition) is 3. The highest BCUT2D eigenvalue weighted by molar-refractivity contribution is 6.31. The molecule has 1 aliphatic rings. The Morgan fingerprint density at radius 2 is 1.55 bits per heavy atom. The minimum atomic E-state index is -0.301. The summed E-state index contributed by atoms with van der Waals surface area (Å²) in [4.78, 5) is 4.97. The number of rotatable bonds is 8. The molecule has 31 heavy (non-hydrogen) atoms. The van der Waals surface area contributed by atoms with E-state index in [0.717, 1.165) is 51.3 Å². The molecular weight excluding hydrogens is 411 g/mol. The molecule has 1 fully saturated rings. The second-order valence-corrected chi connectivity index (χ2v) is 8.38. The summed E-state index contributed by atoms with van der Waals surface area (Å²) >= 11 is 6.46. The lowest BCUT2D eigenvalue weighted by atomic mass is 10.1. The van der Waals surface area contributed by atoms with Crippen molar-refractivity contribution in [1.29, 1.82) is 0 Å². The van der Waals surface area contributed by atoms with Crippen molar-refractivity contribution >= 4 is 11.6 Å². The van der Waals surface area contributed by atoms with Crippen molar-refractivity contribution in [2.75, 3.05) is 32.7 Å². The van der Waals surface area contributed by atoms with Gasteiger partial charge in [-0.1, -0.05) is 66.2 Å². The van der Waals surface area contributed by atoms with Crippen LogP contribution in [0, 0.1) is 5.82 Å². The zero-order valence-corrected chi connectivity index (χ0v) is 18.3. The van der Waals surface area contributed by atoms with Crippen molar-refractivity contribution in [2.24, 2.45) is 0 Å². The van der Waals surface area contributed by atoms with Crippen molar-refractivity contribution in [3.63, 3.8) is 0 Å². The van der Waals surface area contributed by atoms with Crippen molar-refractivity contribution in [3.8, 4) is 5.75 Å². The first-order valence-electron chi connectivity index (χ1n) is 10.8. The molecule has 0 saturated carbocycles. The summed E-state index contributed by atoms with van der Waals surface area (Å²) < 4.78 is 19.8. The summed E-state index contributed by atoms with van der Waals surface area (Å²) in [6.07, 6.45) is 0.566. The third kappa shape index (κ3) is 6.30. The molecule has 0 radical (unpaired) electrons. The van der Waals surface area contributed by atoms with Gasteiger partial charge in [0.2, 0.25) is 0 Å². The van der Waals surface area contributed by atoms with Crippen LogP contribution in [-0.4, -0.2) is 42.5 Å². The van der Waals surface area contributed by atoms with E-state index in [2.05, 4.69) is 40.1 Å². The Morgan fingerprint density at radius 1 is 0.839 bits per heavy atom. The molecule has 0 aromatic heterocycles. The van der Waals surface area contributed by atoms with E-state index < -0.39 is 0 Å². The fourth-order valence-corrected chi connectivity index (χ4v) is 4.29. The fourth-order valence-electron chi connectivity index (χ4n) is 4.03. The molecule has 5 heteroatoms.